The standard InChI is InChI=1S/C18H21BrN2O/c1-14-4-2-5-15(12-14)8-10-20-18(22)21-11-9-16-6-3-7-17(19)13-16/h2-7,12-13H,8-11H2,1H3,(H2,20,21,22). The predicted octanol–water partition coefficient (Wildman–Crippen LogP) is 3.84. The van der Waals surface area contributed by atoms with Crippen LogP contribution in [0, 0.1) is 6.92 Å². The molecule has 22 heavy (non-hydrogen) atoms. The Kier molecular flexibility index (Phi) is 6.46. The van der Waals surface area contributed by atoms with Gasteiger partial charge in [-0.3, -0.25) is 0 Å². The Hall–Kier alpha value is -1.81. The maximum atomic E-state index is 11.7. The second-order valence-electron chi connectivity index (χ2n) is 5.30. The summed E-state index contributed by atoms with van der Waals surface area (Å²) in [6, 6.07) is 16.4. The lowest BCUT2D eigenvalue weighted by atomic mass is 10.1. The third-order valence-electron chi connectivity index (χ3n) is 3.37. The molecule has 2 N–H and O–H groups in total. The molecule has 2 amide bonds. The molecule has 116 valence electrons. The summed E-state index contributed by atoms with van der Waals surface area (Å²) in [5.41, 5.74) is 3.69. The average molecular weight is 361 g/mol. The molecule has 0 saturated heterocycles. The fourth-order valence-electron chi connectivity index (χ4n) is 2.26. The van der Waals surface area contributed by atoms with Crippen LogP contribution in [0.1, 0.15) is 16.7 Å². The SMILES string of the molecule is Cc1cccc(CCNC(=O)NCCc2cccc(Br)c2)c1. The Morgan fingerprint density at radius 2 is 1.55 bits per heavy atom. The second kappa shape index (κ2) is 8.59. The molecular weight excluding hydrogens is 340 g/mol. The van der Waals surface area contributed by atoms with Crippen LogP contribution in [0.2, 0.25) is 0 Å². The molecule has 0 spiro atoms. The zero-order chi connectivity index (χ0) is 15.8. The first-order valence-corrected chi connectivity index (χ1v) is 8.24. The maximum absolute atomic E-state index is 11.7. The molecule has 0 aromatic heterocycles. The number of amides is 2. The summed E-state index contributed by atoms with van der Waals surface area (Å²) in [5.74, 6) is 0. The van der Waals surface area contributed by atoms with E-state index < -0.39 is 0 Å². The van der Waals surface area contributed by atoms with Crippen LogP contribution < -0.4 is 10.6 Å². The Balaban J connectivity index is 1.64. The third-order valence-corrected chi connectivity index (χ3v) is 3.86. The largest absolute Gasteiger partial charge is 0.338 e. The maximum Gasteiger partial charge on any atom is 0.314 e. The van der Waals surface area contributed by atoms with E-state index in [0.29, 0.717) is 13.1 Å². The van der Waals surface area contributed by atoms with Crippen molar-refractivity contribution in [1.29, 1.82) is 0 Å². The topological polar surface area (TPSA) is 41.1 Å². The normalized spacial score (nSPS) is 10.3. The molecule has 2 aromatic carbocycles. The van der Waals surface area contributed by atoms with Crippen LogP contribution in [0.4, 0.5) is 4.79 Å². The van der Waals surface area contributed by atoms with Gasteiger partial charge < -0.3 is 10.6 Å². The molecular formula is C18H21BrN2O. The number of carbonyl (C=O) groups excluding carboxylic acids is 1. The first-order valence-electron chi connectivity index (χ1n) is 7.45. The quantitative estimate of drug-likeness (QED) is 0.807. The van der Waals surface area contributed by atoms with Gasteiger partial charge in [-0.05, 0) is 43.0 Å². The highest BCUT2D eigenvalue weighted by Crippen LogP contribution is 2.11. The van der Waals surface area contributed by atoms with E-state index in [0.717, 1.165) is 17.3 Å². The van der Waals surface area contributed by atoms with Gasteiger partial charge in [-0.25, -0.2) is 4.79 Å². The van der Waals surface area contributed by atoms with Crippen molar-refractivity contribution in [2.45, 2.75) is 19.8 Å². The lowest BCUT2D eigenvalue weighted by molar-refractivity contribution is 0.241. The van der Waals surface area contributed by atoms with Crippen molar-refractivity contribution in [2.24, 2.45) is 0 Å². The summed E-state index contributed by atoms with van der Waals surface area (Å²) in [7, 11) is 0. The summed E-state index contributed by atoms with van der Waals surface area (Å²) in [6.45, 7) is 3.35. The summed E-state index contributed by atoms with van der Waals surface area (Å²) in [5, 5.41) is 5.77. The molecule has 0 fully saturated rings. The van der Waals surface area contributed by atoms with Gasteiger partial charge in [0.1, 0.15) is 0 Å². The summed E-state index contributed by atoms with van der Waals surface area (Å²) >= 11 is 3.44. The number of hydrogen-bond acceptors (Lipinski definition) is 1. The highest BCUT2D eigenvalue weighted by atomic mass is 79.9. The Bertz CT molecular complexity index is 574. The number of hydrogen-bond donors (Lipinski definition) is 2. The summed E-state index contributed by atoms with van der Waals surface area (Å²) in [6.07, 6.45) is 1.67. The van der Waals surface area contributed by atoms with Crippen molar-refractivity contribution >= 4 is 22.0 Å². The molecule has 0 heterocycles. The van der Waals surface area contributed by atoms with E-state index in [1.54, 1.807) is 0 Å². The first kappa shape index (κ1) is 16.6. The number of nitrogens with one attached hydrogen (secondary N) is 2. The van der Waals surface area contributed by atoms with Gasteiger partial charge in [0.25, 0.3) is 0 Å². The molecule has 0 saturated carbocycles. The molecule has 2 aromatic rings. The van der Waals surface area contributed by atoms with Crippen LogP contribution in [-0.4, -0.2) is 19.1 Å². The fraction of sp³-hybridized carbons (Fsp3) is 0.278. The highest BCUT2D eigenvalue weighted by Gasteiger charge is 2.00. The lowest BCUT2D eigenvalue weighted by Gasteiger charge is -2.08. The minimum Gasteiger partial charge on any atom is -0.338 e. The molecule has 0 unspecified atom stereocenters. The van der Waals surface area contributed by atoms with Crippen LogP contribution in [0.5, 0.6) is 0 Å². The number of aryl methyl sites for hydroxylation is 1. The second-order valence-corrected chi connectivity index (χ2v) is 6.22. The molecule has 0 atom stereocenters. The molecule has 4 heteroatoms. The number of carbonyl (C=O) groups is 1. The van der Waals surface area contributed by atoms with E-state index in [1.807, 2.05) is 18.2 Å². The van der Waals surface area contributed by atoms with E-state index in [4.69, 9.17) is 0 Å². The van der Waals surface area contributed by atoms with Gasteiger partial charge in [-0.15, -0.1) is 0 Å². The Morgan fingerprint density at radius 1 is 0.955 bits per heavy atom. The molecule has 0 radical (unpaired) electrons. The molecule has 3 nitrogen and oxygen atoms in total. The van der Waals surface area contributed by atoms with Gasteiger partial charge in [0, 0.05) is 17.6 Å². The van der Waals surface area contributed by atoms with Gasteiger partial charge in [0.2, 0.25) is 0 Å². The number of benzene rings is 2. The van der Waals surface area contributed by atoms with Crippen molar-refractivity contribution in [3.05, 3.63) is 69.7 Å². The smallest absolute Gasteiger partial charge is 0.314 e. The van der Waals surface area contributed by atoms with Crippen molar-refractivity contribution in [2.75, 3.05) is 13.1 Å². The van der Waals surface area contributed by atoms with Crippen molar-refractivity contribution < 1.29 is 4.79 Å². The van der Waals surface area contributed by atoms with Gasteiger partial charge in [-0.2, -0.15) is 0 Å². The zero-order valence-corrected chi connectivity index (χ0v) is 14.3. The molecule has 2 rings (SSSR count). The van der Waals surface area contributed by atoms with Gasteiger partial charge in [0.05, 0.1) is 0 Å². The molecule has 0 aliphatic rings. The third kappa shape index (κ3) is 5.90. The fourth-order valence-corrected chi connectivity index (χ4v) is 2.71. The molecule has 0 aliphatic carbocycles. The van der Waals surface area contributed by atoms with Crippen LogP contribution in [0.25, 0.3) is 0 Å². The average Bonchev–Trinajstić information content (AvgIpc) is 2.47. The van der Waals surface area contributed by atoms with E-state index in [1.165, 1.54) is 16.7 Å². The summed E-state index contributed by atoms with van der Waals surface area (Å²) in [4.78, 5) is 11.7. The minimum atomic E-state index is -0.109. The number of urea groups is 1. The van der Waals surface area contributed by atoms with E-state index in [2.05, 4.69) is 63.8 Å². The van der Waals surface area contributed by atoms with Crippen molar-refractivity contribution in [3.8, 4) is 0 Å². The number of rotatable bonds is 6. The van der Waals surface area contributed by atoms with Crippen LogP contribution in [0.15, 0.2) is 53.0 Å². The van der Waals surface area contributed by atoms with Crippen LogP contribution >= 0.6 is 15.9 Å². The van der Waals surface area contributed by atoms with Gasteiger partial charge >= 0.3 is 6.03 Å². The summed E-state index contributed by atoms with van der Waals surface area (Å²) < 4.78 is 1.06. The van der Waals surface area contributed by atoms with Crippen molar-refractivity contribution in [3.63, 3.8) is 0 Å². The predicted molar refractivity (Wildman–Crippen MR) is 94.1 cm³/mol. The highest BCUT2D eigenvalue weighted by molar-refractivity contribution is 9.10. The Labute approximate surface area is 140 Å². The molecule has 0 bridgehead atoms. The van der Waals surface area contributed by atoms with E-state index in [-0.39, 0.29) is 6.03 Å². The van der Waals surface area contributed by atoms with E-state index >= 15 is 0 Å². The zero-order valence-electron chi connectivity index (χ0n) is 12.7. The lowest BCUT2D eigenvalue weighted by Crippen LogP contribution is -2.37. The van der Waals surface area contributed by atoms with Gasteiger partial charge in [-0.1, -0.05) is 57.9 Å². The van der Waals surface area contributed by atoms with Crippen molar-refractivity contribution in [1.82, 2.24) is 10.6 Å². The van der Waals surface area contributed by atoms with Gasteiger partial charge in [0.15, 0.2) is 0 Å². The monoisotopic (exact) mass is 360 g/mol. The van der Waals surface area contributed by atoms with Crippen LogP contribution in [0.3, 0.4) is 0 Å². The minimum absolute atomic E-state index is 0.109. The number of halogens is 1. The van der Waals surface area contributed by atoms with Crippen LogP contribution in [-0.2, 0) is 12.8 Å². The Morgan fingerprint density at radius 3 is 2.14 bits per heavy atom. The molecule has 0 aliphatic heterocycles. The first-order chi connectivity index (χ1) is 10.6. The van der Waals surface area contributed by atoms with E-state index in [9.17, 15) is 4.79 Å².